The summed E-state index contributed by atoms with van der Waals surface area (Å²) in [7, 11) is 0. The zero-order valence-electron chi connectivity index (χ0n) is 9.45. The van der Waals surface area contributed by atoms with Crippen molar-refractivity contribution in [1.29, 1.82) is 5.26 Å². The zero-order valence-corrected chi connectivity index (χ0v) is 10.3. The molecule has 2 aromatic heterocycles. The Balaban J connectivity index is 2.11. The highest BCUT2D eigenvalue weighted by Gasteiger charge is 2.11. The SMILES string of the molecule is N#Cc1ccc(C(=O)Nc2ccc(C(=O)O)s2)nc1. The molecule has 2 rings (SSSR count). The molecule has 2 aromatic rings. The summed E-state index contributed by atoms with van der Waals surface area (Å²) in [5.74, 6) is -1.50. The van der Waals surface area contributed by atoms with E-state index in [1.54, 1.807) is 0 Å². The smallest absolute Gasteiger partial charge is 0.345 e. The van der Waals surface area contributed by atoms with E-state index in [-0.39, 0.29) is 10.6 Å². The Kier molecular flexibility index (Phi) is 3.54. The van der Waals surface area contributed by atoms with Gasteiger partial charge in [-0.1, -0.05) is 0 Å². The topological polar surface area (TPSA) is 103 Å². The Morgan fingerprint density at radius 2 is 2.11 bits per heavy atom. The van der Waals surface area contributed by atoms with Crippen LogP contribution in [0.4, 0.5) is 5.00 Å². The van der Waals surface area contributed by atoms with Gasteiger partial charge in [-0.15, -0.1) is 11.3 Å². The van der Waals surface area contributed by atoms with Crippen LogP contribution in [0.15, 0.2) is 30.5 Å². The fourth-order valence-corrected chi connectivity index (χ4v) is 2.03. The first-order valence-corrected chi connectivity index (χ1v) is 5.92. The first kappa shape index (κ1) is 12.7. The van der Waals surface area contributed by atoms with Gasteiger partial charge in [0.25, 0.3) is 5.91 Å². The number of carbonyl (C=O) groups is 2. The van der Waals surface area contributed by atoms with Crippen molar-refractivity contribution in [3.63, 3.8) is 0 Å². The number of nitrogens with zero attached hydrogens (tertiary/aromatic N) is 2. The predicted molar refractivity (Wildman–Crippen MR) is 68.2 cm³/mol. The lowest BCUT2D eigenvalue weighted by Gasteiger charge is -2.01. The molecule has 0 aliphatic rings. The van der Waals surface area contributed by atoms with E-state index in [2.05, 4.69) is 10.3 Å². The minimum absolute atomic E-state index is 0.142. The van der Waals surface area contributed by atoms with E-state index in [4.69, 9.17) is 10.4 Å². The van der Waals surface area contributed by atoms with Crippen LogP contribution in [0.2, 0.25) is 0 Å². The largest absolute Gasteiger partial charge is 0.477 e. The van der Waals surface area contributed by atoms with Crippen LogP contribution in [0.1, 0.15) is 25.7 Å². The molecule has 0 aromatic carbocycles. The van der Waals surface area contributed by atoms with Gasteiger partial charge in [-0.2, -0.15) is 5.26 Å². The van der Waals surface area contributed by atoms with Crippen molar-refractivity contribution in [2.24, 2.45) is 0 Å². The molecular formula is C12H7N3O3S. The second-order valence-corrected chi connectivity index (χ2v) is 4.55. The van der Waals surface area contributed by atoms with Gasteiger partial charge in [0.1, 0.15) is 16.6 Å². The number of nitrogens with one attached hydrogen (secondary N) is 1. The Hall–Kier alpha value is -2.72. The highest BCUT2D eigenvalue weighted by atomic mass is 32.1. The molecule has 0 radical (unpaired) electrons. The third kappa shape index (κ3) is 2.94. The maximum absolute atomic E-state index is 11.8. The number of nitriles is 1. The molecule has 19 heavy (non-hydrogen) atoms. The monoisotopic (exact) mass is 273 g/mol. The first-order chi connectivity index (χ1) is 9.10. The van der Waals surface area contributed by atoms with Gasteiger partial charge in [0.2, 0.25) is 0 Å². The zero-order chi connectivity index (χ0) is 13.8. The van der Waals surface area contributed by atoms with Crippen molar-refractivity contribution in [3.8, 4) is 6.07 Å². The number of amides is 1. The number of thiophene rings is 1. The standard InChI is InChI=1S/C12H7N3O3S/c13-5-7-1-2-8(14-6-7)11(16)15-10-4-3-9(19-10)12(17)18/h1-4,6H,(H,15,16)(H,17,18). The van der Waals surface area contributed by atoms with Crippen LogP contribution in [0.5, 0.6) is 0 Å². The second kappa shape index (κ2) is 5.29. The molecule has 2 heterocycles. The summed E-state index contributed by atoms with van der Waals surface area (Å²) in [6.45, 7) is 0. The Morgan fingerprint density at radius 3 is 2.63 bits per heavy atom. The number of aromatic carboxylic acids is 1. The molecule has 0 fully saturated rings. The average molecular weight is 273 g/mol. The molecule has 0 spiro atoms. The molecule has 0 atom stereocenters. The maximum atomic E-state index is 11.8. The third-order valence-electron chi connectivity index (χ3n) is 2.18. The summed E-state index contributed by atoms with van der Waals surface area (Å²) < 4.78 is 0. The Morgan fingerprint density at radius 1 is 1.32 bits per heavy atom. The molecule has 0 bridgehead atoms. The molecule has 1 amide bonds. The summed E-state index contributed by atoms with van der Waals surface area (Å²) in [5, 5.41) is 20.3. The summed E-state index contributed by atoms with van der Waals surface area (Å²) in [5.41, 5.74) is 0.519. The molecule has 0 aliphatic heterocycles. The number of hydrogen-bond acceptors (Lipinski definition) is 5. The van der Waals surface area contributed by atoms with Crippen molar-refractivity contribution in [2.45, 2.75) is 0 Å². The number of carboxylic acid groups (broad SMARTS) is 1. The van der Waals surface area contributed by atoms with Crippen LogP contribution in [0, 0.1) is 11.3 Å². The normalized spacial score (nSPS) is 9.63. The number of rotatable bonds is 3. The highest BCUT2D eigenvalue weighted by molar-refractivity contribution is 7.18. The van der Waals surface area contributed by atoms with E-state index in [0.29, 0.717) is 10.6 Å². The van der Waals surface area contributed by atoms with Crippen molar-refractivity contribution in [1.82, 2.24) is 4.98 Å². The molecule has 0 aliphatic carbocycles. The van der Waals surface area contributed by atoms with Crippen molar-refractivity contribution in [3.05, 3.63) is 46.6 Å². The minimum Gasteiger partial charge on any atom is -0.477 e. The lowest BCUT2D eigenvalue weighted by atomic mass is 10.2. The average Bonchev–Trinajstić information content (AvgIpc) is 2.87. The van der Waals surface area contributed by atoms with E-state index in [1.165, 1.54) is 30.5 Å². The van der Waals surface area contributed by atoms with E-state index in [1.807, 2.05) is 6.07 Å². The number of carbonyl (C=O) groups excluding carboxylic acids is 1. The summed E-state index contributed by atoms with van der Waals surface area (Å²) in [6, 6.07) is 7.74. The van der Waals surface area contributed by atoms with E-state index >= 15 is 0 Å². The number of carboxylic acids is 1. The summed E-state index contributed by atoms with van der Waals surface area (Å²) in [6.07, 6.45) is 1.30. The Bertz CT molecular complexity index is 670. The lowest BCUT2D eigenvalue weighted by molar-refractivity contribution is 0.0702. The molecular weight excluding hydrogens is 266 g/mol. The molecule has 2 N–H and O–H groups in total. The Labute approximate surface area is 112 Å². The minimum atomic E-state index is -1.04. The fourth-order valence-electron chi connectivity index (χ4n) is 1.29. The van der Waals surface area contributed by atoms with E-state index in [9.17, 15) is 9.59 Å². The van der Waals surface area contributed by atoms with Gasteiger partial charge < -0.3 is 10.4 Å². The fraction of sp³-hybridized carbons (Fsp3) is 0. The maximum Gasteiger partial charge on any atom is 0.345 e. The number of hydrogen-bond donors (Lipinski definition) is 2. The molecule has 0 unspecified atom stereocenters. The van der Waals surface area contributed by atoms with Crippen LogP contribution >= 0.6 is 11.3 Å². The summed E-state index contributed by atoms with van der Waals surface area (Å²) in [4.78, 5) is 26.5. The number of anilines is 1. The van der Waals surface area contributed by atoms with Crippen molar-refractivity contribution in [2.75, 3.05) is 5.32 Å². The molecule has 0 saturated heterocycles. The molecule has 7 heteroatoms. The molecule has 6 nitrogen and oxygen atoms in total. The van der Waals surface area contributed by atoms with Crippen molar-refractivity contribution >= 4 is 28.2 Å². The lowest BCUT2D eigenvalue weighted by Crippen LogP contribution is -2.12. The van der Waals surface area contributed by atoms with Gasteiger partial charge in [0, 0.05) is 6.20 Å². The van der Waals surface area contributed by atoms with Crippen LogP contribution in [-0.2, 0) is 0 Å². The van der Waals surface area contributed by atoms with Gasteiger partial charge in [-0.05, 0) is 24.3 Å². The highest BCUT2D eigenvalue weighted by Crippen LogP contribution is 2.22. The predicted octanol–water partition coefficient (Wildman–Crippen LogP) is 1.97. The van der Waals surface area contributed by atoms with Crippen LogP contribution in [0.3, 0.4) is 0 Å². The third-order valence-corrected chi connectivity index (χ3v) is 3.17. The first-order valence-electron chi connectivity index (χ1n) is 5.11. The van der Waals surface area contributed by atoms with Crippen LogP contribution in [-0.4, -0.2) is 22.0 Å². The van der Waals surface area contributed by atoms with Crippen LogP contribution in [0.25, 0.3) is 0 Å². The second-order valence-electron chi connectivity index (χ2n) is 3.47. The molecule has 0 saturated carbocycles. The number of pyridine rings is 1. The number of aromatic nitrogens is 1. The van der Waals surface area contributed by atoms with Gasteiger partial charge in [0.15, 0.2) is 0 Å². The quantitative estimate of drug-likeness (QED) is 0.889. The van der Waals surface area contributed by atoms with Gasteiger partial charge in [0.05, 0.1) is 10.6 Å². The van der Waals surface area contributed by atoms with Crippen LogP contribution < -0.4 is 5.32 Å². The van der Waals surface area contributed by atoms with Crippen molar-refractivity contribution < 1.29 is 14.7 Å². The van der Waals surface area contributed by atoms with Gasteiger partial charge >= 0.3 is 5.97 Å². The van der Waals surface area contributed by atoms with Gasteiger partial charge in [-0.25, -0.2) is 9.78 Å². The van der Waals surface area contributed by atoms with E-state index in [0.717, 1.165) is 11.3 Å². The van der Waals surface area contributed by atoms with E-state index < -0.39 is 11.9 Å². The van der Waals surface area contributed by atoms with Gasteiger partial charge in [-0.3, -0.25) is 4.79 Å². The summed E-state index contributed by atoms with van der Waals surface area (Å²) >= 11 is 0.960. The molecule has 94 valence electrons.